The highest BCUT2D eigenvalue weighted by atomic mass is 19.1. The first kappa shape index (κ1) is 15.3. The summed E-state index contributed by atoms with van der Waals surface area (Å²) in [5.74, 6) is -3.13. The molecule has 114 valence electrons. The van der Waals surface area contributed by atoms with Crippen LogP contribution in [0, 0.1) is 21.7 Å². The van der Waals surface area contributed by atoms with Gasteiger partial charge in [-0.1, -0.05) is 0 Å². The van der Waals surface area contributed by atoms with Gasteiger partial charge in [0.1, 0.15) is 5.82 Å². The van der Waals surface area contributed by atoms with Crippen LogP contribution in [0.1, 0.15) is 24.2 Å². The van der Waals surface area contributed by atoms with Crippen molar-refractivity contribution in [3.8, 4) is 0 Å². The van der Waals surface area contributed by atoms with E-state index in [4.69, 9.17) is 4.74 Å². The van der Waals surface area contributed by atoms with Gasteiger partial charge < -0.3 is 9.64 Å². The number of nitro groups is 1. The number of amides is 1. The Kier molecular flexibility index (Phi) is 4.17. The molecule has 1 aromatic rings. The van der Waals surface area contributed by atoms with Crippen LogP contribution in [0.5, 0.6) is 0 Å². The summed E-state index contributed by atoms with van der Waals surface area (Å²) in [7, 11) is 0. The lowest BCUT2D eigenvalue weighted by atomic mass is 10.1. The first-order valence-corrected chi connectivity index (χ1v) is 6.37. The molecule has 2 atom stereocenters. The average molecular weight is 300 g/mol. The molecule has 0 aliphatic carbocycles. The summed E-state index contributed by atoms with van der Waals surface area (Å²) in [5, 5.41) is 10.7. The maximum absolute atomic E-state index is 14.0. The molecule has 2 unspecified atom stereocenters. The van der Waals surface area contributed by atoms with Crippen LogP contribution in [-0.2, 0) is 4.74 Å². The number of hydrogen-bond acceptors (Lipinski definition) is 4. The van der Waals surface area contributed by atoms with Crippen LogP contribution in [0.2, 0.25) is 0 Å². The van der Waals surface area contributed by atoms with E-state index in [2.05, 4.69) is 0 Å². The fourth-order valence-corrected chi connectivity index (χ4v) is 2.20. The van der Waals surface area contributed by atoms with Gasteiger partial charge in [0.15, 0.2) is 0 Å². The van der Waals surface area contributed by atoms with Crippen molar-refractivity contribution in [1.29, 1.82) is 0 Å². The van der Waals surface area contributed by atoms with Gasteiger partial charge in [-0.2, -0.15) is 4.39 Å². The monoisotopic (exact) mass is 300 g/mol. The predicted molar refractivity (Wildman–Crippen MR) is 68.9 cm³/mol. The second-order valence-electron chi connectivity index (χ2n) is 4.99. The van der Waals surface area contributed by atoms with E-state index >= 15 is 0 Å². The highest BCUT2D eigenvalue weighted by Gasteiger charge is 2.32. The van der Waals surface area contributed by atoms with Crippen molar-refractivity contribution in [2.45, 2.75) is 26.0 Å². The molecule has 0 saturated carbocycles. The zero-order valence-electron chi connectivity index (χ0n) is 11.5. The third-order valence-electron chi connectivity index (χ3n) is 3.31. The Hall–Kier alpha value is -2.09. The Balaban J connectivity index is 2.41. The third-order valence-corrected chi connectivity index (χ3v) is 3.31. The molecule has 21 heavy (non-hydrogen) atoms. The summed E-state index contributed by atoms with van der Waals surface area (Å²) in [4.78, 5) is 23.3. The number of carbonyl (C=O) groups excluding carboxylic acids is 1. The summed E-state index contributed by atoms with van der Waals surface area (Å²) < 4.78 is 32.8. The van der Waals surface area contributed by atoms with Gasteiger partial charge in [0.2, 0.25) is 5.82 Å². The highest BCUT2D eigenvalue weighted by molar-refractivity contribution is 5.95. The topological polar surface area (TPSA) is 72.7 Å². The van der Waals surface area contributed by atoms with Crippen LogP contribution in [0.15, 0.2) is 12.1 Å². The minimum absolute atomic E-state index is 0.212. The van der Waals surface area contributed by atoms with Crippen molar-refractivity contribution in [2.75, 3.05) is 13.2 Å². The first-order valence-electron chi connectivity index (χ1n) is 6.37. The second kappa shape index (κ2) is 5.72. The summed E-state index contributed by atoms with van der Waals surface area (Å²) in [6.07, 6.45) is -0.239. The van der Waals surface area contributed by atoms with E-state index in [1.54, 1.807) is 13.8 Å². The molecule has 1 fully saturated rings. The lowest BCUT2D eigenvalue weighted by Gasteiger charge is -2.36. The standard InChI is InChI=1S/C13H14F2N2O4/c1-7-6-21-8(2)5-16(7)13(18)10-3-9(14)4-11(12(10)15)17(19)20/h3-4,7-8H,5-6H2,1-2H3. The molecule has 0 spiro atoms. The van der Waals surface area contributed by atoms with Crippen LogP contribution >= 0.6 is 0 Å². The van der Waals surface area contributed by atoms with Crippen LogP contribution in [0.25, 0.3) is 0 Å². The number of benzene rings is 1. The van der Waals surface area contributed by atoms with Crippen molar-refractivity contribution in [2.24, 2.45) is 0 Å². The van der Waals surface area contributed by atoms with Crippen LogP contribution in [0.3, 0.4) is 0 Å². The maximum Gasteiger partial charge on any atom is 0.308 e. The SMILES string of the molecule is CC1CN(C(=O)c2cc(F)cc([N+](=O)[O-])c2F)C(C)CO1. The lowest BCUT2D eigenvalue weighted by molar-refractivity contribution is -0.387. The Bertz CT molecular complexity index is 594. The van der Waals surface area contributed by atoms with Gasteiger partial charge in [0.25, 0.3) is 5.91 Å². The molecule has 0 radical (unpaired) electrons. The Labute approximate surface area is 119 Å². The zero-order valence-corrected chi connectivity index (χ0v) is 11.5. The Morgan fingerprint density at radius 3 is 2.71 bits per heavy atom. The fraction of sp³-hybridized carbons (Fsp3) is 0.462. The quantitative estimate of drug-likeness (QED) is 0.619. The van der Waals surface area contributed by atoms with E-state index in [9.17, 15) is 23.7 Å². The molecule has 0 N–H and O–H groups in total. The van der Waals surface area contributed by atoms with Gasteiger partial charge in [-0.25, -0.2) is 4.39 Å². The van der Waals surface area contributed by atoms with E-state index in [0.717, 1.165) is 0 Å². The number of morpholine rings is 1. The minimum atomic E-state index is -1.32. The molecule has 0 aromatic heterocycles. The van der Waals surface area contributed by atoms with Gasteiger partial charge in [-0.15, -0.1) is 0 Å². The molecule has 1 heterocycles. The average Bonchev–Trinajstić information content (AvgIpc) is 2.42. The van der Waals surface area contributed by atoms with E-state index in [0.29, 0.717) is 12.1 Å². The Morgan fingerprint density at radius 1 is 1.43 bits per heavy atom. The molecule has 1 aliphatic rings. The van der Waals surface area contributed by atoms with Gasteiger partial charge in [0, 0.05) is 6.54 Å². The van der Waals surface area contributed by atoms with Crippen molar-refractivity contribution in [1.82, 2.24) is 4.90 Å². The number of nitro benzene ring substituents is 1. The van der Waals surface area contributed by atoms with Crippen molar-refractivity contribution >= 4 is 11.6 Å². The fourth-order valence-electron chi connectivity index (χ4n) is 2.20. The summed E-state index contributed by atoms with van der Waals surface area (Å²) in [6.45, 7) is 3.93. The van der Waals surface area contributed by atoms with Crippen LogP contribution < -0.4 is 0 Å². The van der Waals surface area contributed by atoms with Gasteiger partial charge in [-0.3, -0.25) is 14.9 Å². The van der Waals surface area contributed by atoms with E-state index in [1.807, 2.05) is 0 Å². The number of rotatable bonds is 2. The third kappa shape index (κ3) is 2.99. The summed E-state index contributed by atoms with van der Waals surface area (Å²) in [5.41, 5.74) is -1.69. The number of carbonyl (C=O) groups is 1. The number of hydrogen-bond donors (Lipinski definition) is 0. The number of nitrogens with zero attached hydrogens (tertiary/aromatic N) is 2. The number of halogens is 2. The van der Waals surface area contributed by atoms with Gasteiger partial charge >= 0.3 is 5.69 Å². The lowest BCUT2D eigenvalue weighted by Crippen LogP contribution is -2.50. The largest absolute Gasteiger partial charge is 0.375 e. The van der Waals surface area contributed by atoms with Crippen molar-refractivity contribution in [3.05, 3.63) is 39.4 Å². The first-order chi connectivity index (χ1) is 9.81. The van der Waals surface area contributed by atoms with Gasteiger partial charge in [0.05, 0.1) is 35.3 Å². The molecule has 0 bridgehead atoms. The van der Waals surface area contributed by atoms with Crippen molar-refractivity contribution < 1.29 is 23.2 Å². The molecule has 1 saturated heterocycles. The normalized spacial score (nSPS) is 22.2. The van der Waals surface area contributed by atoms with Gasteiger partial charge in [-0.05, 0) is 19.9 Å². The summed E-state index contributed by atoms with van der Waals surface area (Å²) >= 11 is 0. The second-order valence-corrected chi connectivity index (χ2v) is 4.99. The zero-order chi connectivity index (χ0) is 15.7. The van der Waals surface area contributed by atoms with E-state index in [-0.39, 0.29) is 25.3 Å². The summed E-state index contributed by atoms with van der Waals surface area (Å²) in [6, 6.07) is 0.810. The predicted octanol–water partition coefficient (Wildman–Crippen LogP) is 2.12. The van der Waals surface area contributed by atoms with Crippen LogP contribution in [0.4, 0.5) is 14.5 Å². The van der Waals surface area contributed by atoms with E-state index < -0.39 is 33.7 Å². The smallest absolute Gasteiger partial charge is 0.308 e. The molecular weight excluding hydrogens is 286 g/mol. The van der Waals surface area contributed by atoms with Crippen molar-refractivity contribution in [3.63, 3.8) is 0 Å². The highest BCUT2D eigenvalue weighted by Crippen LogP contribution is 2.25. The molecule has 2 rings (SSSR count). The molecule has 8 heteroatoms. The Morgan fingerprint density at radius 2 is 2.10 bits per heavy atom. The van der Waals surface area contributed by atoms with Crippen LogP contribution in [-0.4, -0.2) is 41.0 Å². The minimum Gasteiger partial charge on any atom is -0.375 e. The van der Waals surface area contributed by atoms with E-state index in [1.165, 1.54) is 4.90 Å². The number of ether oxygens (including phenoxy) is 1. The maximum atomic E-state index is 14.0. The molecular formula is C13H14F2N2O4. The molecule has 1 aromatic carbocycles. The molecule has 1 amide bonds. The molecule has 6 nitrogen and oxygen atoms in total. The molecule has 1 aliphatic heterocycles.